The minimum absolute atomic E-state index is 0.425. The highest BCUT2D eigenvalue weighted by Gasteiger charge is 2.18. The van der Waals surface area contributed by atoms with Gasteiger partial charge in [-0.2, -0.15) is 5.10 Å². The van der Waals surface area contributed by atoms with Gasteiger partial charge in [0.25, 0.3) is 0 Å². The first kappa shape index (κ1) is 18.9. The Labute approximate surface area is 172 Å². The third-order valence-corrected chi connectivity index (χ3v) is 5.14. The van der Waals surface area contributed by atoms with Gasteiger partial charge in [-0.1, -0.05) is 49.7 Å². The van der Waals surface area contributed by atoms with Crippen molar-refractivity contribution in [1.29, 1.82) is 0 Å². The second kappa shape index (κ2) is 7.92. The zero-order valence-corrected chi connectivity index (χ0v) is 17.2. The van der Waals surface area contributed by atoms with Gasteiger partial charge in [0.05, 0.1) is 18.5 Å². The highest BCUT2D eigenvalue weighted by molar-refractivity contribution is 6.18. The predicted octanol–water partition coefficient (Wildman–Crippen LogP) is 5.56. The topological polar surface area (TPSA) is 46.0 Å². The molecule has 0 aromatic heterocycles. The van der Waals surface area contributed by atoms with Crippen LogP contribution in [0.2, 0.25) is 0 Å². The van der Waals surface area contributed by atoms with E-state index in [-0.39, 0.29) is 0 Å². The molecule has 0 fully saturated rings. The van der Waals surface area contributed by atoms with Gasteiger partial charge in [0, 0.05) is 16.7 Å². The number of methoxy groups -OCH3 is 1. The number of hydrogen-bond donors (Lipinski definition) is 1. The fourth-order valence-corrected chi connectivity index (χ4v) is 3.32. The molecule has 0 atom stereocenters. The van der Waals surface area contributed by atoms with E-state index in [0.717, 1.165) is 39.7 Å². The van der Waals surface area contributed by atoms with Crippen molar-refractivity contribution in [3.05, 3.63) is 94.5 Å². The molecule has 0 spiro atoms. The van der Waals surface area contributed by atoms with Gasteiger partial charge in [0.15, 0.2) is 5.84 Å². The fourth-order valence-electron chi connectivity index (χ4n) is 3.32. The third kappa shape index (κ3) is 3.92. The SMILES string of the molecule is COc1ccc(C2=NNC(c3ccc(C)cc3)=Nc3ccc(C(C)C)cc32)cc1. The van der Waals surface area contributed by atoms with E-state index in [1.807, 2.05) is 24.3 Å². The highest BCUT2D eigenvalue weighted by atomic mass is 16.5. The Bertz CT molecular complexity index is 1080. The number of amidine groups is 1. The number of rotatable bonds is 4. The van der Waals surface area contributed by atoms with Crippen molar-refractivity contribution >= 4 is 17.2 Å². The second-order valence-electron chi connectivity index (χ2n) is 7.56. The molecule has 0 bridgehead atoms. The minimum Gasteiger partial charge on any atom is -0.497 e. The lowest BCUT2D eigenvalue weighted by Crippen LogP contribution is -2.19. The third-order valence-electron chi connectivity index (χ3n) is 5.14. The summed E-state index contributed by atoms with van der Waals surface area (Å²) in [6.07, 6.45) is 0. The van der Waals surface area contributed by atoms with Crippen molar-refractivity contribution in [3.8, 4) is 5.75 Å². The van der Waals surface area contributed by atoms with Crippen LogP contribution in [0, 0.1) is 6.92 Å². The lowest BCUT2D eigenvalue weighted by Gasteiger charge is -2.12. The van der Waals surface area contributed by atoms with Crippen LogP contribution in [-0.4, -0.2) is 18.7 Å². The van der Waals surface area contributed by atoms with Crippen molar-refractivity contribution < 1.29 is 4.74 Å². The van der Waals surface area contributed by atoms with Crippen LogP contribution in [0.15, 0.2) is 76.8 Å². The van der Waals surface area contributed by atoms with E-state index in [0.29, 0.717) is 5.92 Å². The molecule has 4 nitrogen and oxygen atoms in total. The van der Waals surface area contributed by atoms with E-state index in [1.165, 1.54) is 11.1 Å². The maximum atomic E-state index is 5.31. The number of aryl methyl sites for hydroxylation is 1. The van der Waals surface area contributed by atoms with Gasteiger partial charge in [-0.3, -0.25) is 5.43 Å². The van der Waals surface area contributed by atoms with Crippen LogP contribution < -0.4 is 10.2 Å². The van der Waals surface area contributed by atoms with E-state index in [1.54, 1.807) is 7.11 Å². The van der Waals surface area contributed by atoms with Gasteiger partial charge in [0.1, 0.15) is 5.75 Å². The zero-order valence-electron chi connectivity index (χ0n) is 17.2. The van der Waals surface area contributed by atoms with Crippen molar-refractivity contribution in [1.82, 2.24) is 5.43 Å². The van der Waals surface area contributed by atoms with E-state index in [9.17, 15) is 0 Å². The van der Waals surface area contributed by atoms with Crippen LogP contribution in [-0.2, 0) is 0 Å². The van der Waals surface area contributed by atoms with Gasteiger partial charge in [-0.05, 0) is 54.8 Å². The predicted molar refractivity (Wildman–Crippen MR) is 120 cm³/mol. The maximum absolute atomic E-state index is 5.31. The van der Waals surface area contributed by atoms with Gasteiger partial charge < -0.3 is 4.74 Å². The molecule has 1 aliphatic rings. The summed E-state index contributed by atoms with van der Waals surface area (Å²) >= 11 is 0. The minimum atomic E-state index is 0.425. The molecule has 3 aromatic carbocycles. The summed E-state index contributed by atoms with van der Waals surface area (Å²) in [5.74, 6) is 1.99. The molecule has 4 heteroatoms. The summed E-state index contributed by atoms with van der Waals surface area (Å²) in [5.41, 5.74) is 10.5. The first-order valence-corrected chi connectivity index (χ1v) is 9.83. The van der Waals surface area contributed by atoms with Crippen LogP contribution in [0.25, 0.3) is 0 Å². The molecular formula is C25H25N3O. The lowest BCUT2D eigenvalue weighted by atomic mass is 9.95. The largest absolute Gasteiger partial charge is 0.497 e. The van der Waals surface area contributed by atoms with Gasteiger partial charge in [0.2, 0.25) is 0 Å². The van der Waals surface area contributed by atoms with Crippen LogP contribution in [0.5, 0.6) is 5.75 Å². The highest BCUT2D eigenvalue weighted by Crippen LogP contribution is 2.30. The summed E-state index contributed by atoms with van der Waals surface area (Å²) in [4.78, 5) is 4.92. The zero-order chi connectivity index (χ0) is 20.4. The molecule has 0 unspecified atom stereocenters. The standard InChI is InChI=1S/C25H25N3O/c1-16(2)20-11-14-23-22(15-20)24(18-9-12-21(29-4)13-10-18)27-28-25(26-23)19-7-5-17(3)6-8-19/h5-16H,1-4H3,(H,26,28). The number of ether oxygens (including phenoxy) is 1. The molecule has 0 saturated carbocycles. The molecule has 1 heterocycles. The maximum Gasteiger partial charge on any atom is 0.154 e. The number of nitrogens with zero attached hydrogens (tertiary/aromatic N) is 2. The van der Waals surface area contributed by atoms with Crippen molar-refractivity contribution in [2.45, 2.75) is 26.7 Å². The smallest absolute Gasteiger partial charge is 0.154 e. The molecule has 1 aliphatic heterocycles. The van der Waals surface area contributed by atoms with E-state index < -0.39 is 0 Å². The summed E-state index contributed by atoms with van der Waals surface area (Å²) < 4.78 is 5.31. The average Bonchev–Trinajstić information content (AvgIpc) is 2.93. The first-order valence-electron chi connectivity index (χ1n) is 9.83. The summed E-state index contributed by atoms with van der Waals surface area (Å²) in [6.45, 7) is 6.47. The molecule has 1 N–H and O–H groups in total. The number of hydrazone groups is 1. The molecule has 4 rings (SSSR count). The Kier molecular flexibility index (Phi) is 5.17. The van der Waals surface area contributed by atoms with Crippen molar-refractivity contribution in [2.24, 2.45) is 10.1 Å². The number of aliphatic imine (C=N–C) groups is 1. The molecule has 3 aromatic rings. The summed E-state index contributed by atoms with van der Waals surface area (Å²) in [5, 5.41) is 4.77. The molecule has 0 aliphatic carbocycles. The number of hydrogen-bond acceptors (Lipinski definition) is 4. The lowest BCUT2D eigenvalue weighted by molar-refractivity contribution is 0.415. The summed E-state index contributed by atoms with van der Waals surface area (Å²) in [7, 11) is 1.67. The van der Waals surface area contributed by atoms with Gasteiger partial charge in [-0.15, -0.1) is 0 Å². The average molecular weight is 383 g/mol. The number of fused-ring (bicyclic) bond motifs is 1. The quantitative estimate of drug-likeness (QED) is 0.641. The Morgan fingerprint density at radius 1 is 0.862 bits per heavy atom. The summed E-state index contributed by atoms with van der Waals surface area (Å²) in [6, 6.07) is 22.7. The molecule has 146 valence electrons. The second-order valence-corrected chi connectivity index (χ2v) is 7.56. The van der Waals surface area contributed by atoms with Crippen LogP contribution >= 0.6 is 0 Å². The molecule has 0 saturated heterocycles. The molecule has 29 heavy (non-hydrogen) atoms. The fraction of sp³-hybridized carbons (Fsp3) is 0.200. The Morgan fingerprint density at radius 3 is 2.21 bits per heavy atom. The number of nitrogens with one attached hydrogen (secondary N) is 1. The van der Waals surface area contributed by atoms with Gasteiger partial charge >= 0.3 is 0 Å². The van der Waals surface area contributed by atoms with Crippen molar-refractivity contribution in [2.75, 3.05) is 7.11 Å². The van der Waals surface area contributed by atoms with E-state index >= 15 is 0 Å². The Balaban J connectivity index is 1.85. The Hall–Kier alpha value is -3.40. The normalized spacial score (nSPS) is 13.1. The molecule has 0 radical (unpaired) electrons. The van der Waals surface area contributed by atoms with Crippen LogP contribution in [0.3, 0.4) is 0 Å². The van der Waals surface area contributed by atoms with E-state index in [4.69, 9.17) is 14.8 Å². The van der Waals surface area contributed by atoms with Gasteiger partial charge in [-0.25, -0.2) is 4.99 Å². The number of benzene rings is 3. The van der Waals surface area contributed by atoms with Crippen LogP contribution in [0.1, 0.15) is 47.6 Å². The van der Waals surface area contributed by atoms with Crippen molar-refractivity contribution in [3.63, 3.8) is 0 Å². The molecule has 0 amide bonds. The van der Waals surface area contributed by atoms with Crippen LogP contribution in [0.4, 0.5) is 5.69 Å². The van der Waals surface area contributed by atoms with E-state index in [2.05, 4.69) is 68.7 Å². The molecular weight excluding hydrogens is 358 g/mol. The Morgan fingerprint density at radius 2 is 1.55 bits per heavy atom. The monoisotopic (exact) mass is 383 g/mol. The first-order chi connectivity index (χ1) is 14.0.